The molecule has 5 nitrogen and oxygen atoms in total. The van der Waals surface area contributed by atoms with Gasteiger partial charge < -0.3 is 5.32 Å². The second-order valence-corrected chi connectivity index (χ2v) is 7.70. The first-order valence-corrected chi connectivity index (χ1v) is 8.81. The van der Waals surface area contributed by atoms with Gasteiger partial charge in [0.2, 0.25) is 15.9 Å². The summed E-state index contributed by atoms with van der Waals surface area (Å²) in [6.45, 7) is 2.00. The molecule has 0 atom stereocenters. The van der Waals surface area contributed by atoms with Crippen molar-refractivity contribution >= 4 is 27.7 Å². The molecule has 126 valence electrons. The van der Waals surface area contributed by atoms with Gasteiger partial charge in [0, 0.05) is 25.9 Å². The van der Waals surface area contributed by atoms with Gasteiger partial charge in [-0.15, -0.1) is 0 Å². The van der Waals surface area contributed by atoms with Crippen molar-refractivity contribution in [1.29, 1.82) is 0 Å². The summed E-state index contributed by atoms with van der Waals surface area (Å²) in [4.78, 5) is 12.1. The molecule has 0 saturated heterocycles. The zero-order valence-corrected chi connectivity index (χ0v) is 14.7. The molecular formula is C18H20N2O3S. The Bertz CT molecular complexity index is 854. The van der Waals surface area contributed by atoms with Crippen molar-refractivity contribution in [3.8, 4) is 0 Å². The van der Waals surface area contributed by atoms with Crippen LogP contribution in [0.1, 0.15) is 11.1 Å². The maximum Gasteiger partial charge on any atom is 0.248 e. The van der Waals surface area contributed by atoms with Crippen LogP contribution in [-0.2, 0) is 14.8 Å². The molecule has 0 heterocycles. The number of sulfonamides is 1. The van der Waals surface area contributed by atoms with E-state index in [4.69, 9.17) is 0 Å². The zero-order chi connectivity index (χ0) is 17.7. The Kier molecular flexibility index (Phi) is 5.54. The normalized spacial score (nSPS) is 11.8. The molecule has 0 aliphatic heterocycles. The summed E-state index contributed by atoms with van der Waals surface area (Å²) >= 11 is 0. The first-order chi connectivity index (χ1) is 11.3. The van der Waals surface area contributed by atoms with Crippen LogP contribution in [0.25, 0.3) is 6.08 Å². The van der Waals surface area contributed by atoms with E-state index in [9.17, 15) is 13.2 Å². The van der Waals surface area contributed by atoms with Crippen molar-refractivity contribution in [2.24, 2.45) is 0 Å². The van der Waals surface area contributed by atoms with Crippen molar-refractivity contribution < 1.29 is 13.2 Å². The van der Waals surface area contributed by atoms with Gasteiger partial charge in [-0.2, -0.15) is 0 Å². The summed E-state index contributed by atoms with van der Waals surface area (Å²) in [7, 11) is -0.604. The Labute approximate surface area is 142 Å². The van der Waals surface area contributed by atoms with Gasteiger partial charge in [0.05, 0.1) is 4.90 Å². The Morgan fingerprint density at radius 3 is 2.38 bits per heavy atom. The van der Waals surface area contributed by atoms with E-state index in [1.54, 1.807) is 18.2 Å². The van der Waals surface area contributed by atoms with Gasteiger partial charge in [-0.25, -0.2) is 12.7 Å². The molecular weight excluding hydrogens is 324 g/mol. The predicted molar refractivity (Wildman–Crippen MR) is 96.2 cm³/mol. The van der Waals surface area contributed by atoms with Gasteiger partial charge in [-0.05, 0) is 36.8 Å². The molecule has 0 fully saturated rings. The topological polar surface area (TPSA) is 66.5 Å². The number of carbonyl (C=O) groups excluding carboxylic acids is 1. The fourth-order valence-corrected chi connectivity index (χ4v) is 2.93. The van der Waals surface area contributed by atoms with Crippen LogP contribution >= 0.6 is 0 Å². The zero-order valence-electron chi connectivity index (χ0n) is 13.9. The highest BCUT2D eigenvalue weighted by molar-refractivity contribution is 7.89. The monoisotopic (exact) mass is 344 g/mol. The van der Waals surface area contributed by atoms with E-state index in [1.165, 1.54) is 32.3 Å². The summed E-state index contributed by atoms with van der Waals surface area (Å²) in [5.74, 6) is -0.324. The molecule has 2 aromatic rings. The minimum Gasteiger partial charge on any atom is -0.322 e. The van der Waals surface area contributed by atoms with Crippen LogP contribution in [0.3, 0.4) is 0 Å². The first-order valence-electron chi connectivity index (χ1n) is 7.37. The summed E-state index contributed by atoms with van der Waals surface area (Å²) in [6, 6.07) is 13.9. The van der Waals surface area contributed by atoms with Crippen molar-refractivity contribution in [2.75, 3.05) is 19.4 Å². The van der Waals surface area contributed by atoms with Gasteiger partial charge in [0.15, 0.2) is 0 Å². The van der Waals surface area contributed by atoms with E-state index >= 15 is 0 Å². The summed E-state index contributed by atoms with van der Waals surface area (Å²) < 4.78 is 25.3. The molecule has 2 aromatic carbocycles. The van der Waals surface area contributed by atoms with Crippen molar-refractivity contribution in [2.45, 2.75) is 11.8 Å². The van der Waals surface area contributed by atoms with Gasteiger partial charge in [0.25, 0.3) is 0 Å². The van der Waals surface area contributed by atoms with E-state index in [1.807, 2.05) is 31.2 Å². The SMILES string of the molecule is Cc1ccc(C=CC(=O)Nc2cccc(S(=O)(=O)N(C)C)c2)cc1. The second-order valence-electron chi connectivity index (χ2n) is 5.55. The van der Waals surface area contributed by atoms with Gasteiger partial charge in [-0.1, -0.05) is 35.9 Å². The standard InChI is InChI=1S/C18H20N2O3S/c1-14-7-9-15(10-8-14)11-12-18(21)19-16-5-4-6-17(13-16)24(22,23)20(2)3/h4-13H,1-3H3,(H,19,21). The smallest absolute Gasteiger partial charge is 0.248 e. The number of rotatable bonds is 5. The molecule has 0 spiro atoms. The minimum atomic E-state index is -3.53. The summed E-state index contributed by atoms with van der Waals surface area (Å²) in [5.41, 5.74) is 2.49. The van der Waals surface area contributed by atoms with Crippen LogP contribution in [0.5, 0.6) is 0 Å². The van der Waals surface area contributed by atoms with Gasteiger partial charge >= 0.3 is 0 Å². The number of amides is 1. The van der Waals surface area contributed by atoms with Crippen LogP contribution in [0, 0.1) is 6.92 Å². The molecule has 24 heavy (non-hydrogen) atoms. The molecule has 0 unspecified atom stereocenters. The number of hydrogen-bond donors (Lipinski definition) is 1. The molecule has 1 amide bonds. The van der Waals surface area contributed by atoms with Gasteiger partial charge in [-0.3, -0.25) is 4.79 Å². The molecule has 0 aliphatic carbocycles. The van der Waals surface area contributed by atoms with Gasteiger partial charge in [0.1, 0.15) is 0 Å². The Hall–Kier alpha value is -2.44. The Morgan fingerprint density at radius 2 is 1.75 bits per heavy atom. The quantitative estimate of drug-likeness (QED) is 0.848. The van der Waals surface area contributed by atoms with Crippen LogP contribution in [0.15, 0.2) is 59.5 Å². The molecule has 0 aliphatic rings. The lowest BCUT2D eigenvalue weighted by Crippen LogP contribution is -2.22. The number of anilines is 1. The number of benzene rings is 2. The maximum atomic E-state index is 12.1. The van der Waals surface area contributed by atoms with Crippen molar-refractivity contribution in [3.05, 3.63) is 65.7 Å². The van der Waals surface area contributed by atoms with Crippen molar-refractivity contribution in [1.82, 2.24) is 4.31 Å². The number of carbonyl (C=O) groups is 1. The van der Waals surface area contributed by atoms with Crippen LogP contribution in [0.2, 0.25) is 0 Å². The highest BCUT2D eigenvalue weighted by atomic mass is 32.2. The Balaban J connectivity index is 2.11. The minimum absolute atomic E-state index is 0.132. The third-order valence-electron chi connectivity index (χ3n) is 3.38. The highest BCUT2D eigenvalue weighted by Crippen LogP contribution is 2.18. The lowest BCUT2D eigenvalue weighted by molar-refractivity contribution is -0.111. The van der Waals surface area contributed by atoms with Crippen LogP contribution < -0.4 is 5.32 Å². The van der Waals surface area contributed by atoms with E-state index < -0.39 is 10.0 Å². The molecule has 0 saturated carbocycles. The van der Waals surface area contributed by atoms with E-state index in [2.05, 4.69) is 5.32 Å². The van der Waals surface area contributed by atoms with Crippen LogP contribution in [0.4, 0.5) is 5.69 Å². The summed E-state index contributed by atoms with van der Waals surface area (Å²) in [5, 5.41) is 2.67. The number of hydrogen-bond acceptors (Lipinski definition) is 3. The highest BCUT2D eigenvalue weighted by Gasteiger charge is 2.17. The number of aryl methyl sites for hydroxylation is 1. The Morgan fingerprint density at radius 1 is 1.08 bits per heavy atom. The third kappa shape index (κ3) is 4.53. The molecule has 0 aromatic heterocycles. The summed E-state index contributed by atoms with van der Waals surface area (Å²) in [6.07, 6.45) is 3.12. The van der Waals surface area contributed by atoms with E-state index in [0.29, 0.717) is 5.69 Å². The average Bonchev–Trinajstić information content (AvgIpc) is 2.54. The fourth-order valence-electron chi connectivity index (χ4n) is 1.98. The van der Waals surface area contributed by atoms with Crippen LogP contribution in [-0.4, -0.2) is 32.7 Å². The second kappa shape index (κ2) is 7.42. The lowest BCUT2D eigenvalue weighted by atomic mass is 10.1. The number of nitrogens with zero attached hydrogens (tertiary/aromatic N) is 1. The molecule has 2 rings (SSSR count). The van der Waals surface area contributed by atoms with E-state index in [0.717, 1.165) is 15.4 Å². The third-order valence-corrected chi connectivity index (χ3v) is 5.20. The predicted octanol–water partition coefficient (Wildman–Crippen LogP) is 2.90. The first kappa shape index (κ1) is 17.9. The van der Waals surface area contributed by atoms with Crippen molar-refractivity contribution in [3.63, 3.8) is 0 Å². The molecule has 6 heteroatoms. The maximum absolute atomic E-state index is 12.1. The molecule has 0 radical (unpaired) electrons. The lowest BCUT2D eigenvalue weighted by Gasteiger charge is -2.12. The van der Waals surface area contributed by atoms with E-state index in [-0.39, 0.29) is 10.8 Å². The largest absolute Gasteiger partial charge is 0.322 e. The fraction of sp³-hybridized carbons (Fsp3) is 0.167. The average molecular weight is 344 g/mol. The number of nitrogens with one attached hydrogen (secondary N) is 1. The molecule has 1 N–H and O–H groups in total. The molecule has 0 bridgehead atoms.